The van der Waals surface area contributed by atoms with Gasteiger partial charge in [0.1, 0.15) is 0 Å². The highest BCUT2D eigenvalue weighted by atomic mass is 19.1. The molecule has 3 heteroatoms. The van der Waals surface area contributed by atoms with Crippen LogP contribution in [0.15, 0.2) is 42.5 Å². The van der Waals surface area contributed by atoms with Crippen LogP contribution < -0.4 is 10.5 Å². The third-order valence-corrected chi connectivity index (χ3v) is 3.18. The van der Waals surface area contributed by atoms with Gasteiger partial charge in [0.2, 0.25) is 0 Å². The van der Waals surface area contributed by atoms with Crippen molar-refractivity contribution in [1.82, 2.24) is 0 Å². The highest BCUT2D eigenvalue weighted by Gasteiger charge is 2.09. The Balaban J connectivity index is 2.12. The van der Waals surface area contributed by atoms with Crippen molar-refractivity contribution in [2.45, 2.75) is 19.4 Å². The van der Waals surface area contributed by atoms with E-state index in [-0.39, 0.29) is 17.6 Å². The number of rotatable bonds is 4. The van der Waals surface area contributed by atoms with Gasteiger partial charge in [-0.2, -0.15) is 0 Å². The second kappa shape index (κ2) is 5.85. The summed E-state index contributed by atoms with van der Waals surface area (Å²) in [6.45, 7) is 2.04. The van der Waals surface area contributed by atoms with Gasteiger partial charge in [0.05, 0.1) is 7.11 Å². The second-order valence-corrected chi connectivity index (χ2v) is 4.69. The van der Waals surface area contributed by atoms with E-state index in [4.69, 9.17) is 10.5 Å². The lowest BCUT2D eigenvalue weighted by Crippen LogP contribution is -2.13. The molecular weight excluding hydrogens is 241 g/mol. The number of halogens is 1. The first-order chi connectivity index (χ1) is 9.10. The Labute approximate surface area is 113 Å². The molecule has 1 atom stereocenters. The predicted octanol–water partition coefficient (Wildman–Crippen LogP) is 3.39. The Bertz CT molecular complexity index is 551. The lowest BCUT2D eigenvalue weighted by atomic mass is 9.99. The quantitative estimate of drug-likeness (QED) is 0.913. The van der Waals surface area contributed by atoms with Crippen LogP contribution in [-0.2, 0) is 6.42 Å². The summed E-state index contributed by atoms with van der Waals surface area (Å²) in [4.78, 5) is 0. The number of benzene rings is 2. The van der Waals surface area contributed by atoms with Crippen LogP contribution in [-0.4, -0.2) is 7.11 Å². The highest BCUT2D eigenvalue weighted by Crippen LogP contribution is 2.21. The molecule has 0 aliphatic carbocycles. The maximum absolute atomic E-state index is 13.6. The smallest absolute Gasteiger partial charge is 0.165 e. The van der Waals surface area contributed by atoms with E-state index in [1.165, 1.54) is 18.7 Å². The SMILES string of the molecule is COc1ccc(CC(N)c2ccc(C)cc2)cc1F. The number of ether oxygens (including phenoxy) is 1. The van der Waals surface area contributed by atoms with Crippen LogP contribution in [0.25, 0.3) is 0 Å². The summed E-state index contributed by atoms with van der Waals surface area (Å²) in [5.74, 6) is -0.0937. The van der Waals surface area contributed by atoms with E-state index in [1.54, 1.807) is 6.07 Å². The molecular formula is C16H18FNO. The van der Waals surface area contributed by atoms with E-state index in [9.17, 15) is 4.39 Å². The normalized spacial score (nSPS) is 12.2. The molecule has 0 heterocycles. The monoisotopic (exact) mass is 259 g/mol. The molecule has 0 aliphatic rings. The number of nitrogens with two attached hydrogens (primary N) is 1. The molecule has 2 aromatic carbocycles. The van der Waals surface area contributed by atoms with Gasteiger partial charge in [-0.15, -0.1) is 0 Å². The Hall–Kier alpha value is -1.87. The Morgan fingerprint density at radius 2 is 1.84 bits per heavy atom. The lowest BCUT2D eigenvalue weighted by molar-refractivity contribution is 0.386. The molecule has 2 aromatic rings. The fraction of sp³-hybridized carbons (Fsp3) is 0.250. The van der Waals surface area contributed by atoms with E-state index in [2.05, 4.69) is 0 Å². The molecule has 0 saturated carbocycles. The predicted molar refractivity (Wildman–Crippen MR) is 74.8 cm³/mol. The summed E-state index contributed by atoms with van der Waals surface area (Å²) in [7, 11) is 1.45. The van der Waals surface area contributed by atoms with Crippen LogP contribution in [0.1, 0.15) is 22.7 Å². The van der Waals surface area contributed by atoms with Crippen molar-refractivity contribution in [2.24, 2.45) is 5.73 Å². The van der Waals surface area contributed by atoms with E-state index in [1.807, 2.05) is 37.3 Å². The van der Waals surface area contributed by atoms with Crippen LogP contribution in [0.4, 0.5) is 4.39 Å². The second-order valence-electron chi connectivity index (χ2n) is 4.69. The van der Waals surface area contributed by atoms with Crippen LogP contribution in [0.2, 0.25) is 0 Å². The van der Waals surface area contributed by atoms with Crippen molar-refractivity contribution in [3.8, 4) is 5.75 Å². The zero-order valence-electron chi connectivity index (χ0n) is 11.2. The van der Waals surface area contributed by atoms with Crippen LogP contribution >= 0.6 is 0 Å². The first-order valence-electron chi connectivity index (χ1n) is 6.24. The molecule has 0 radical (unpaired) electrons. The Kier molecular flexibility index (Phi) is 4.17. The minimum Gasteiger partial charge on any atom is -0.494 e. The molecule has 1 unspecified atom stereocenters. The van der Waals surface area contributed by atoms with Crippen molar-refractivity contribution in [3.63, 3.8) is 0 Å². The average molecular weight is 259 g/mol. The highest BCUT2D eigenvalue weighted by molar-refractivity contribution is 5.31. The van der Waals surface area contributed by atoms with Gasteiger partial charge in [0.25, 0.3) is 0 Å². The van der Waals surface area contributed by atoms with Crippen LogP contribution in [0.3, 0.4) is 0 Å². The third kappa shape index (κ3) is 3.32. The van der Waals surface area contributed by atoms with Crippen LogP contribution in [0, 0.1) is 12.7 Å². The average Bonchev–Trinajstić information content (AvgIpc) is 2.39. The topological polar surface area (TPSA) is 35.2 Å². The molecule has 0 fully saturated rings. The fourth-order valence-electron chi connectivity index (χ4n) is 2.02. The summed E-state index contributed by atoms with van der Waals surface area (Å²) in [5.41, 5.74) is 9.27. The van der Waals surface area contributed by atoms with Gasteiger partial charge in [-0.1, -0.05) is 35.9 Å². The molecule has 2 rings (SSSR count). The molecule has 0 bridgehead atoms. The third-order valence-electron chi connectivity index (χ3n) is 3.18. The molecule has 19 heavy (non-hydrogen) atoms. The maximum atomic E-state index is 13.6. The Morgan fingerprint density at radius 1 is 1.16 bits per heavy atom. The standard InChI is InChI=1S/C16H18FNO/c1-11-3-6-13(7-4-11)15(18)10-12-5-8-16(19-2)14(17)9-12/h3-9,15H,10,18H2,1-2H3. The van der Waals surface area contributed by atoms with Crippen molar-refractivity contribution in [1.29, 1.82) is 0 Å². The minimum atomic E-state index is -0.351. The van der Waals surface area contributed by atoms with Gasteiger partial charge in [-0.05, 0) is 36.6 Å². The summed E-state index contributed by atoms with van der Waals surface area (Å²) in [5, 5.41) is 0. The molecule has 100 valence electrons. The van der Waals surface area contributed by atoms with Gasteiger partial charge in [0.15, 0.2) is 11.6 Å². The zero-order chi connectivity index (χ0) is 13.8. The minimum absolute atomic E-state index is 0.131. The van der Waals surface area contributed by atoms with Crippen molar-refractivity contribution < 1.29 is 9.13 Å². The van der Waals surface area contributed by atoms with E-state index >= 15 is 0 Å². The molecule has 0 aromatic heterocycles. The molecule has 0 amide bonds. The largest absolute Gasteiger partial charge is 0.494 e. The van der Waals surface area contributed by atoms with E-state index < -0.39 is 0 Å². The van der Waals surface area contributed by atoms with Gasteiger partial charge in [-0.25, -0.2) is 4.39 Å². The fourth-order valence-corrected chi connectivity index (χ4v) is 2.02. The first kappa shape index (κ1) is 13.6. The van der Waals surface area contributed by atoms with E-state index in [0.29, 0.717) is 6.42 Å². The van der Waals surface area contributed by atoms with Crippen molar-refractivity contribution in [2.75, 3.05) is 7.11 Å². The zero-order valence-corrected chi connectivity index (χ0v) is 11.2. The first-order valence-corrected chi connectivity index (χ1v) is 6.24. The van der Waals surface area contributed by atoms with Gasteiger partial charge in [0, 0.05) is 6.04 Å². The summed E-state index contributed by atoms with van der Waals surface area (Å²) >= 11 is 0. The molecule has 0 saturated heterocycles. The van der Waals surface area contributed by atoms with Crippen molar-refractivity contribution in [3.05, 3.63) is 65.0 Å². The number of hydrogen-bond acceptors (Lipinski definition) is 2. The molecule has 2 nitrogen and oxygen atoms in total. The molecule has 2 N–H and O–H groups in total. The van der Waals surface area contributed by atoms with Crippen molar-refractivity contribution >= 4 is 0 Å². The summed E-state index contributed by atoms with van der Waals surface area (Å²) in [6.07, 6.45) is 0.601. The molecule has 0 spiro atoms. The number of hydrogen-bond donors (Lipinski definition) is 1. The number of methoxy groups -OCH3 is 1. The lowest BCUT2D eigenvalue weighted by Gasteiger charge is -2.13. The van der Waals surface area contributed by atoms with Gasteiger partial charge < -0.3 is 10.5 Å². The van der Waals surface area contributed by atoms with E-state index in [0.717, 1.165) is 11.1 Å². The summed E-state index contributed by atoms with van der Waals surface area (Å²) in [6, 6.07) is 12.9. The van der Waals surface area contributed by atoms with Gasteiger partial charge in [-0.3, -0.25) is 0 Å². The van der Waals surface area contributed by atoms with Crippen LogP contribution in [0.5, 0.6) is 5.75 Å². The number of aryl methyl sites for hydroxylation is 1. The maximum Gasteiger partial charge on any atom is 0.165 e. The summed E-state index contributed by atoms with van der Waals surface area (Å²) < 4.78 is 18.5. The Morgan fingerprint density at radius 3 is 2.42 bits per heavy atom. The molecule has 0 aliphatic heterocycles. The van der Waals surface area contributed by atoms with Gasteiger partial charge >= 0.3 is 0 Å².